The van der Waals surface area contributed by atoms with Crippen molar-refractivity contribution in [3.05, 3.63) is 99.7 Å². The van der Waals surface area contributed by atoms with Crippen LogP contribution in [0.4, 0.5) is 4.39 Å². The first-order valence-electron chi connectivity index (χ1n) is 9.53. The van der Waals surface area contributed by atoms with Crippen molar-refractivity contribution in [3.63, 3.8) is 0 Å². The summed E-state index contributed by atoms with van der Waals surface area (Å²) in [6.45, 7) is 0. The average Bonchev–Trinajstić information content (AvgIpc) is 2.79. The first kappa shape index (κ1) is 18.7. The molecule has 0 saturated heterocycles. The number of nitrogens with zero attached hydrogens (tertiary/aromatic N) is 2. The van der Waals surface area contributed by atoms with E-state index in [2.05, 4.69) is 9.97 Å². The molecule has 3 aromatic carbocycles. The molecule has 6 nitrogen and oxygen atoms in total. The molecule has 0 spiro atoms. The molecule has 7 heteroatoms. The monoisotopic (exact) mass is 413 g/mol. The Morgan fingerprint density at radius 1 is 0.968 bits per heavy atom. The van der Waals surface area contributed by atoms with E-state index < -0.39 is 17.1 Å². The molecule has 0 radical (unpaired) electrons. The largest absolute Gasteiger partial charge is 0.497 e. The zero-order valence-corrected chi connectivity index (χ0v) is 16.4. The van der Waals surface area contributed by atoms with Crippen LogP contribution in [0.25, 0.3) is 38.5 Å². The van der Waals surface area contributed by atoms with Gasteiger partial charge in [-0.3, -0.25) is 9.78 Å². The third-order valence-corrected chi connectivity index (χ3v) is 5.27. The van der Waals surface area contributed by atoms with E-state index in [9.17, 15) is 14.0 Å². The second-order valence-corrected chi connectivity index (χ2v) is 7.06. The number of hydrogen-bond donors (Lipinski definition) is 1. The van der Waals surface area contributed by atoms with E-state index in [1.165, 1.54) is 25.4 Å². The molecule has 2 aromatic heterocycles. The molecule has 0 bridgehead atoms. The molecule has 0 aliphatic carbocycles. The van der Waals surface area contributed by atoms with Crippen LogP contribution in [0.15, 0.2) is 82.6 Å². The van der Waals surface area contributed by atoms with Crippen LogP contribution in [0.1, 0.15) is 0 Å². The number of pyridine rings is 1. The predicted octanol–water partition coefficient (Wildman–Crippen LogP) is 4.04. The summed E-state index contributed by atoms with van der Waals surface area (Å²) >= 11 is 0. The number of halogens is 1. The third-order valence-electron chi connectivity index (χ3n) is 5.27. The minimum atomic E-state index is -0.598. The molecule has 2 heterocycles. The number of rotatable bonds is 3. The highest BCUT2D eigenvalue weighted by Crippen LogP contribution is 2.28. The molecule has 0 saturated carbocycles. The highest BCUT2D eigenvalue weighted by molar-refractivity contribution is 5.90. The lowest BCUT2D eigenvalue weighted by Gasteiger charge is -2.11. The first-order valence-corrected chi connectivity index (χ1v) is 9.53. The molecule has 0 amide bonds. The Morgan fingerprint density at radius 3 is 2.65 bits per heavy atom. The normalized spacial score (nSPS) is 11.2. The van der Waals surface area contributed by atoms with Crippen molar-refractivity contribution in [1.82, 2.24) is 14.5 Å². The van der Waals surface area contributed by atoms with Crippen LogP contribution in [0, 0.1) is 5.82 Å². The Kier molecular flexibility index (Phi) is 4.36. The molecule has 152 valence electrons. The molecule has 5 rings (SSSR count). The van der Waals surface area contributed by atoms with Gasteiger partial charge in [-0.15, -0.1) is 0 Å². The lowest BCUT2D eigenvalue weighted by molar-refractivity contribution is 0.414. The Morgan fingerprint density at radius 2 is 1.81 bits per heavy atom. The summed E-state index contributed by atoms with van der Waals surface area (Å²) in [6.07, 6.45) is 3.17. The van der Waals surface area contributed by atoms with Crippen molar-refractivity contribution in [2.45, 2.75) is 0 Å². The van der Waals surface area contributed by atoms with Gasteiger partial charge in [0.15, 0.2) is 0 Å². The summed E-state index contributed by atoms with van der Waals surface area (Å²) in [4.78, 5) is 33.0. The fourth-order valence-electron chi connectivity index (χ4n) is 3.74. The molecule has 5 aromatic rings. The van der Waals surface area contributed by atoms with Gasteiger partial charge in [0.05, 0.1) is 29.9 Å². The molecule has 0 atom stereocenters. The number of aromatic amines is 1. The maximum absolute atomic E-state index is 14.4. The van der Waals surface area contributed by atoms with Crippen molar-refractivity contribution >= 4 is 21.7 Å². The Bertz CT molecular complexity index is 1580. The summed E-state index contributed by atoms with van der Waals surface area (Å²) in [5.74, 6) is 0.0709. The van der Waals surface area contributed by atoms with E-state index in [-0.39, 0.29) is 0 Å². The molecule has 0 unspecified atom stereocenters. The van der Waals surface area contributed by atoms with Crippen molar-refractivity contribution in [3.8, 4) is 22.6 Å². The quantitative estimate of drug-likeness (QED) is 0.484. The molecule has 0 aliphatic heterocycles. The molecular formula is C24H16FN3O3. The number of nitrogens with one attached hydrogen (secondary N) is 1. The van der Waals surface area contributed by atoms with Crippen LogP contribution < -0.4 is 16.0 Å². The summed E-state index contributed by atoms with van der Waals surface area (Å²) in [7, 11) is 1.50. The number of methoxy groups -OCH3 is 1. The van der Waals surface area contributed by atoms with Gasteiger partial charge in [0.2, 0.25) is 0 Å². The fourth-order valence-corrected chi connectivity index (χ4v) is 3.74. The van der Waals surface area contributed by atoms with Crippen molar-refractivity contribution in [2.24, 2.45) is 0 Å². The fraction of sp³-hybridized carbons (Fsp3) is 0.0417. The van der Waals surface area contributed by atoms with Crippen molar-refractivity contribution in [2.75, 3.05) is 7.11 Å². The average molecular weight is 413 g/mol. The number of benzene rings is 3. The number of fused-ring (bicyclic) bond motifs is 2. The molecule has 0 fully saturated rings. The second kappa shape index (κ2) is 7.21. The minimum Gasteiger partial charge on any atom is -0.497 e. The Balaban J connectivity index is 1.74. The second-order valence-electron chi connectivity index (χ2n) is 7.06. The standard InChI is InChI=1S/C24H16FN3O3/c1-31-16-7-9-20(25)19(11-16)14-6-8-18-21(10-14)27-24(30)28(23(18)29)22-13-26-12-15-4-2-3-5-17(15)22/h2-13H,1H3,(H,27,30). The molecule has 0 aliphatic rings. The summed E-state index contributed by atoms with van der Waals surface area (Å²) in [5.41, 5.74) is 0.467. The number of ether oxygens (including phenoxy) is 1. The van der Waals surface area contributed by atoms with Crippen LogP contribution in [-0.2, 0) is 0 Å². The van der Waals surface area contributed by atoms with Crippen LogP contribution in [0.2, 0.25) is 0 Å². The maximum Gasteiger partial charge on any atom is 0.333 e. The molecule has 31 heavy (non-hydrogen) atoms. The van der Waals surface area contributed by atoms with E-state index >= 15 is 0 Å². The van der Waals surface area contributed by atoms with Gasteiger partial charge in [-0.1, -0.05) is 30.3 Å². The summed E-state index contributed by atoms with van der Waals surface area (Å²) < 4.78 is 20.6. The Labute approximate surface area is 175 Å². The van der Waals surface area contributed by atoms with E-state index in [4.69, 9.17) is 4.74 Å². The summed E-state index contributed by atoms with van der Waals surface area (Å²) in [5, 5.41) is 1.86. The maximum atomic E-state index is 14.4. The Hall–Kier alpha value is -4.26. The predicted molar refractivity (Wildman–Crippen MR) is 117 cm³/mol. The van der Waals surface area contributed by atoms with E-state index in [1.807, 2.05) is 24.3 Å². The molecular weight excluding hydrogens is 397 g/mol. The lowest BCUT2D eigenvalue weighted by atomic mass is 10.0. The zero-order valence-electron chi connectivity index (χ0n) is 16.4. The van der Waals surface area contributed by atoms with Crippen molar-refractivity contribution < 1.29 is 9.13 Å². The first-order chi connectivity index (χ1) is 15.1. The van der Waals surface area contributed by atoms with Gasteiger partial charge in [0, 0.05) is 22.5 Å². The van der Waals surface area contributed by atoms with Crippen LogP contribution >= 0.6 is 0 Å². The van der Waals surface area contributed by atoms with Gasteiger partial charge in [-0.2, -0.15) is 0 Å². The van der Waals surface area contributed by atoms with Crippen LogP contribution in [0.5, 0.6) is 5.75 Å². The van der Waals surface area contributed by atoms with Gasteiger partial charge < -0.3 is 9.72 Å². The highest BCUT2D eigenvalue weighted by Gasteiger charge is 2.14. The summed E-state index contributed by atoms with van der Waals surface area (Å²) in [6, 6.07) is 16.6. The van der Waals surface area contributed by atoms with E-state index in [1.54, 1.807) is 30.5 Å². The van der Waals surface area contributed by atoms with Gasteiger partial charge in [-0.25, -0.2) is 13.8 Å². The lowest BCUT2D eigenvalue weighted by Crippen LogP contribution is -2.33. The highest BCUT2D eigenvalue weighted by atomic mass is 19.1. The van der Waals surface area contributed by atoms with E-state index in [0.717, 1.165) is 15.3 Å². The smallest absolute Gasteiger partial charge is 0.333 e. The van der Waals surface area contributed by atoms with Crippen LogP contribution in [0.3, 0.4) is 0 Å². The minimum absolute atomic E-state index is 0.305. The number of aromatic nitrogens is 3. The van der Waals surface area contributed by atoms with Gasteiger partial charge in [-0.05, 0) is 35.9 Å². The van der Waals surface area contributed by atoms with Gasteiger partial charge in [0.1, 0.15) is 11.6 Å². The van der Waals surface area contributed by atoms with E-state index in [0.29, 0.717) is 33.5 Å². The van der Waals surface area contributed by atoms with Crippen LogP contribution in [-0.4, -0.2) is 21.6 Å². The van der Waals surface area contributed by atoms with Gasteiger partial charge >= 0.3 is 5.69 Å². The number of hydrogen-bond acceptors (Lipinski definition) is 4. The van der Waals surface area contributed by atoms with Gasteiger partial charge in [0.25, 0.3) is 5.56 Å². The SMILES string of the molecule is COc1ccc(F)c(-c2ccc3c(=O)n(-c4cncc5ccccc45)c(=O)[nH]c3c2)c1. The topological polar surface area (TPSA) is 77.0 Å². The van der Waals surface area contributed by atoms with Crippen molar-refractivity contribution in [1.29, 1.82) is 0 Å². The zero-order chi connectivity index (χ0) is 21.5. The molecule has 1 N–H and O–H groups in total. The third kappa shape index (κ3) is 3.07. The number of H-pyrrole nitrogens is 1.